The molecule has 0 saturated carbocycles. The van der Waals surface area contributed by atoms with Crippen molar-refractivity contribution in [3.63, 3.8) is 0 Å². The highest BCUT2D eigenvalue weighted by molar-refractivity contribution is 8.26. The fourth-order valence-corrected chi connectivity index (χ4v) is 5.23. The lowest BCUT2D eigenvalue weighted by molar-refractivity contribution is -0.138. The molecule has 3 rings (SSSR count). The second-order valence-electron chi connectivity index (χ2n) is 6.98. The number of hydrogen-bond acceptors (Lipinski definition) is 7. The number of benzene rings is 1. The first-order valence-corrected chi connectivity index (χ1v) is 11.7. The molecule has 1 fully saturated rings. The summed E-state index contributed by atoms with van der Waals surface area (Å²) in [6.07, 6.45) is 1.62. The lowest BCUT2D eigenvalue weighted by atomic mass is 10.0. The number of carboxylic acid groups (broad SMARTS) is 1. The van der Waals surface area contributed by atoms with Gasteiger partial charge in [0.05, 0.1) is 11.4 Å². The molecular weight excluding hydrogens is 508 g/mol. The van der Waals surface area contributed by atoms with Gasteiger partial charge in [-0.15, -0.1) is 11.3 Å². The van der Waals surface area contributed by atoms with E-state index in [-0.39, 0.29) is 4.32 Å². The van der Waals surface area contributed by atoms with Gasteiger partial charge in [-0.3, -0.25) is 24.1 Å². The minimum absolute atomic E-state index is 0.164. The molecule has 0 atom stereocenters. The first-order valence-electron chi connectivity index (χ1n) is 9.61. The molecule has 178 valence electrons. The molecule has 2 aromatic rings. The van der Waals surface area contributed by atoms with Crippen molar-refractivity contribution >= 4 is 69.4 Å². The monoisotopic (exact) mass is 525 g/mol. The zero-order chi connectivity index (χ0) is 25.0. The highest BCUT2D eigenvalue weighted by Crippen LogP contribution is 2.37. The number of hydrogen-bond donors (Lipinski definition) is 3. The number of thioether (sulfide) groups is 1. The van der Waals surface area contributed by atoms with Crippen molar-refractivity contribution in [2.75, 3.05) is 19.6 Å². The molecular formula is C21H17F2N3O5S3. The van der Waals surface area contributed by atoms with Crippen molar-refractivity contribution in [3.8, 4) is 11.1 Å². The van der Waals surface area contributed by atoms with Crippen molar-refractivity contribution in [3.05, 3.63) is 50.6 Å². The maximum absolute atomic E-state index is 13.6. The minimum Gasteiger partial charge on any atom is -0.480 e. The van der Waals surface area contributed by atoms with Crippen molar-refractivity contribution in [2.24, 2.45) is 0 Å². The highest BCUT2D eigenvalue weighted by Gasteiger charge is 2.33. The molecule has 34 heavy (non-hydrogen) atoms. The van der Waals surface area contributed by atoms with Gasteiger partial charge in [0.15, 0.2) is 11.6 Å². The van der Waals surface area contributed by atoms with Crippen molar-refractivity contribution in [2.45, 2.75) is 6.92 Å². The number of aliphatic carboxylic acids is 1. The average Bonchev–Trinajstić information content (AvgIpc) is 3.27. The molecule has 1 saturated heterocycles. The number of thiophene rings is 1. The molecule has 0 radical (unpaired) electrons. The van der Waals surface area contributed by atoms with Crippen LogP contribution in [0.3, 0.4) is 0 Å². The normalized spacial score (nSPS) is 14.6. The van der Waals surface area contributed by atoms with E-state index in [1.54, 1.807) is 18.4 Å². The van der Waals surface area contributed by atoms with Crippen LogP contribution in [0.1, 0.15) is 10.4 Å². The van der Waals surface area contributed by atoms with Crippen LogP contribution in [0.25, 0.3) is 17.2 Å². The van der Waals surface area contributed by atoms with Crippen LogP contribution in [-0.2, 0) is 19.2 Å². The lowest BCUT2D eigenvalue weighted by Crippen LogP contribution is -2.44. The van der Waals surface area contributed by atoms with E-state index in [0.29, 0.717) is 16.0 Å². The standard InChI is InChI=1S/C21H17F2N3O5S3/c1-10-12(11-2-3-13(22)14(23)4-11)9-33-15(10)5-16-20(31)26(21(32)34-16)8-18(28)24-6-17(27)25-7-19(29)30/h2-5,9H,6-8H2,1H3,(H,24,28)(H,25,27)(H,29,30)/b16-5-. The topological polar surface area (TPSA) is 116 Å². The Balaban J connectivity index is 1.66. The fourth-order valence-electron chi connectivity index (χ4n) is 2.89. The van der Waals surface area contributed by atoms with Crippen LogP contribution in [0.4, 0.5) is 8.78 Å². The van der Waals surface area contributed by atoms with Crippen molar-refractivity contribution in [1.29, 1.82) is 0 Å². The van der Waals surface area contributed by atoms with Gasteiger partial charge in [0, 0.05) is 4.88 Å². The van der Waals surface area contributed by atoms with Crippen LogP contribution in [-0.4, -0.2) is 57.7 Å². The van der Waals surface area contributed by atoms with E-state index in [0.717, 1.165) is 39.2 Å². The summed E-state index contributed by atoms with van der Waals surface area (Å²) in [6, 6.07) is 3.62. The number of halogens is 2. The smallest absolute Gasteiger partial charge is 0.322 e. The Hall–Kier alpha value is -3.16. The maximum Gasteiger partial charge on any atom is 0.322 e. The van der Waals surface area contributed by atoms with Gasteiger partial charge in [-0.05, 0) is 47.2 Å². The first kappa shape index (κ1) is 25.5. The Morgan fingerprint density at radius 2 is 1.85 bits per heavy atom. The van der Waals surface area contributed by atoms with E-state index < -0.39 is 55.0 Å². The van der Waals surface area contributed by atoms with E-state index in [1.807, 2.05) is 0 Å². The summed E-state index contributed by atoms with van der Waals surface area (Å²) in [5.74, 6) is -4.93. The molecule has 1 aliphatic rings. The molecule has 13 heteroatoms. The number of amides is 3. The summed E-state index contributed by atoms with van der Waals surface area (Å²) >= 11 is 7.54. The molecule has 1 aromatic heterocycles. The number of nitrogens with one attached hydrogen (secondary N) is 2. The molecule has 8 nitrogen and oxygen atoms in total. The summed E-state index contributed by atoms with van der Waals surface area (Å²) in [5.41, 5.74) is 1.97. The van der Waals surface area contributed by atoms with Gasteiger partial charge in [-0.25, -0.2) is 8.78 Å². The summed E-state index contributed by atoms with van der Waals surface area (Å²) < 4.78 is 27.0. The fraction of sp³-hybridized carbons (Fsp3) is 0.190. The first-order chi connectivity index (χ1) is 16.1. The third-order valence-electron chi connectivity index (χ3n) is 4.63. The Bertz CT molecular complexity index is 1230. The third kappa shape index (κ3) is 6.04. The van der Waals surface area contributed by atoms with Gasteiger partial charge in [0.25, 0.3) is 5.91 Å². The summed E-state index contributed by atoms with van der Waals surface area (Å²) in [7, 11) is 0. The van der Waals surface area contributed by atoms with E-state index in [1.165, 1.54) is 17.4 Å². The number of nitrogens with zero attached hydrogens (tertiary/aromatic N) is 1. The number of carboxylic acids is 1. The molecule has 2 heterocycles. The Morgan fingerprint density at radius 3 is 2.53 bits per heavy atom. The van der Waals surface area contributed by atoms with Crippen molar-refractivity contribution in [1.82, 2.24) is 15.5 Å². The van der Waals surface area contributed by atoms with E-state index in [2.05, 4.69) is 10.6 Å². The van der Waals surface area contributed by atoms with Gasteiger partial charge in [0.2, 0.25) is 11.8 Å². The highest BCUT2D eigenvalue weighted by atomic mass is 32.2. The van der Waals surface area contributed by atoms with Gasteiger partial charge in [0.1, 0.15) is 17.4 Å². The van der Waals surface area contributed by atoms with Gasteiger partial charge in [-0.1, -0.05) is 30.0 Å². The van der Waals surface area contributed by atoms with Crippen LogP contribution < -0.4 is 10.6 Å². The van der Waals surface area contributed by atoms with E-state index in [4.69, 9.17) is 17.3 Å². The number of rotatable bonds is 8. The van der Waals surface area contributed by atoms with Gasteiger partial charge in [-0.2, -0.15) is 0 Å². The van der Waals surface area contributed by atoms with Gasteiger partial charge >= 0.3 is 5.97 Å². The quantitative estimate of drug-likeness (QED) is 0.358. The van der Waals surface area contributed by atoms with Crippen molar-refractivity contribution < 1.29 is 33.1 Å². The molecule has 0 aliphatic carbocycles. The Morgan fingerprint density at radius 1 is 1.15 bits per heavy atom. The second kappa shape index (κ2) is 10.8. The van der Waals surface area contributed by atoms with E-state index >= 15 is 0 Å². The molecule has 0 bridgehead atoms. The van der Waals surface area contributed by atoms with E-state index in [9.17, 15) is 28.0 Å². The minimum atomic E-state index is -1.22. The molecule has 0 spiro atoms. The predicted octanol–water partition coefficient (Wildman–Crippen LogP) is 2.52. The molecule has 3 amide bonds. The summed E-state index contributed by atoms with van der Waals surface area (Å²) in [6.45, 7) is 0.367. The van der Waals surface area contributed by atoms with Crippen LogP contribution >= 0.6 is 35.3 Å². The SMILES string of the molecule is Cc1c(-c2ccc(F)c(F)c2)csc1/C=C1\SC(=S)N(CC(=O)NCC(=O)NCC(=O)O)C1=O. The Kier molecular flexibility index (Phi) is 8.12. The molecule has 3 N–H and O–H groups in total. The largest absolute Gasteiger partial charge is 0.480 e. The van der Waals surface area contributed by atoms with Crippen LogP contribution in [0, 0.1) is 18.6 Å². The lowest BCUT2D eigenvalue weighted by Gasteiger charge is -2.14. The molecule has 0 unspecified atom stereocenters. The third-order valence-corrected chi connectivity index (χ3v) is 7.04. The van der Waals surface area contributed by atoms with Gasteiger partial charge < -0.3 is 15.7 Å². The Labute approximate surface area is 206 Å². The maximum atomic E-state index is 13.6. The zero-order valence-electron chi connectivity index (χ0n) is 17.5. The average molecular weight is 526 g/mol. The summed E-state index contributed by atoms with van der Waals surface area (Å²) in [4.78, 5) is 48.9. The number of carbonyl (C=O) groups is 4. The second-order valence-corrected chi connectivity index (χ2v) is 9.57. The van der Waals surface area contributed by atoms with Crippen LogP contribution in [0.2, 0.25) is 0 Å². The van der Waals surface area contributed by atoms with Crippen LogP contribution in [0.15, 0.2) is 28.5 Å². The summed E-state index contributed by atoms with van der Waals surface area (Å²) in [5, 5.41) is 14.7. The number of thiocarbonyl (C=S) groups is 1. The molecule has 1 aliphatic heterocycles. The predicted molar refractivity (Wildman–Crippen MR) is 128 cm³/mol. The zero-order valence-corrected chi connectivity index (χ0v) is 20.0. The molecule has 1 aromatic carbocycles. The van der Waals surface area contributed by atoms with Crippen LogP contribution in [0.5, 0.6) is 0 Å². The number of carbonyl (C=O) groups excluding carboxylic acids is 3.